The molecule has 0 unspecified atom stereocenters. The van der Waals surface area contributed by atoms with Gasteiger partial charge in [-0.05, 0) is 71.7 Å². The molecule has 3 rings (SSSR count). The Morgan fingerprint density at radius 2 is 1.57 bits per heavy atom. The Labute approximate surface area is 180 Å². The Morgan fingerprint density at radius 1 is 1.03 bits per heavy atom. The van der Waals surface area contributed by atoms with E-state index in [9.17, 15) is 13.2 Å². The summed E-state index contributed by atoms with van der Waals surface area (Å²) in [6.07, 6.45) is 1.48. The van der Waals surface area contributed by atoms with E-state index in [2.05, 4.69) is 24.1 Å². The van der Waals surface area contributed by atoms with E-state index in [1.165, 1.54) is 4.31 Å². The molecule has 0 saturated carbocycles. The molecule has 8 heteroatoms. The number of ether oxygens (including phenoxy) is 1. The standard InChI is InChI=1S/C22H35N3O4S/c1-16-14-24(15-17(2)29-16)20-8-6-19(7-9-20)23-21(26)18-10-12-25(13-11-18)30(27,28)22(3,4)5/h6-9,16-18H,10-15H2,1-5H3,(H,23,26)/t16-,17+. The smallest absolute Gasteiger partial charge is 0.227 e. The van der Waals surface area contributed by atoms with E-state index >= 15 is 0 Å². The van der Waals surface area contributed by atoms with Gasteiger partial charge in [0.1, 0.15) is 0 Å². The molecule has 1 N–H and O–H groups in total. The minimum atomic E-state index is -3.34. The first kappa shape index (κ1) is 23.0. The van der Waals surface area contributed by atoms with Gasteiger partial charge in [0, 0.05) is 43.5 Å². The third-order valence-corrected chi connectivity index (χ3v) is 8.45. The second-order valence-corrected chi connectivity index (χ2v) is 12.2. The zero-order valence-corrected chi connectivity index (χ0v) is 19.5. The highest BCUT2D eigenvalue weighted by atomic mass is 32.2. The number of carbonyl (C=O) groups is 1. The Morgan fingerprint density at radius 3 is 2.07 bits per heavy atom. The molecule has 2 atom stereocenters. The fourth-order valence-corrected chi connectivity index (χ4v) is 5.60. The monoisotopic (exact) mass is 437 g/mol. The number of benzene rings is 1. The van der Waals surface area contributed by atoms with Crippen LogP contribution in [-0.4, -0.2) is 61.8 Å². The van der Waals surface area contributed by atoms with Crippen molar-refractivity contribution in [2.75, 3.05) is 36.4 Å². The van der Waals surface area contributed by atoms with E-state index in [1.54, 1.807) is 20.8 Å². The van der Waals surface area contributed by atoms with Gasteiger partial charge >= 0.3 is 0 Å². The van der Waals surface area contributed by atoms with Crippen molar-refractivity contribution in [3.63, 3.8) is 0 Å². The third-order valence-electron chi connectivity index (χ3n) is 5.86. The van der Waals surface area contributed by atoms with Crippen LogP contribution in [-0.2, 0) is 19.6 Å². The molecule has 7 nitrogen and oxygen atoms in total. The fourth-order valence-electron chi connectivity index (χ4n) is 4.13. The van der Waals surface area contributed by atoms with Gasteiger partial charge < -0.3 is 15.0 Å². The third kappa shape index (κ3) is 5.15. The van der Waals surface area contributed by atoms with Gasteiger partial charge in [0.25, 0.3) is 0 Å². The zero-order valence-electron chi connectivity index (χ0n) is 18.7. The summed E-state index contributed by atoms with van der Waals surface area (Å²) < 4.78 is 31.7. The summed E-state index contributed by atoms with van der Waals surface area (Å²) >= 11 is 0. The van der Waals surface area contributed by atoms with Gasteiger partial charge in [-0.15, -0.1) is 0 Å². The number of amides is 1. The molecular weight excluding hydrogens is 402 g/mol. The van der Waals surface area contributed by atoms with Crippen LogP contribution in [0.2, 0.25) is 0 Å². The lowest BCUT2D eigenvalue weighted by Gasteiger charge is -2.37. The molecule has 2 aliphatic rings. The van der Waals surface area contributed by atoms with Crippen molar-refractivity contribution in [2.24, 2.45) is 5.92 Å². The van der Waals surface area contributed by atoms with Crippen LogP contribution in [0.5, 0.6) is 0 Å². The van der Waals surface area contributed by atoms with Gasteiger partial charge in [-0.3, -0.25) is 4.79 Å². The molecule has 30 heavy (non-hydrogen) atoms. The maximum atomic E-state index is 12.7. The SMILES string of the molecule is C[C@@H]1CN(c2ccc(NC(=O)C3CCN(S(=O)(=O)C(C)(C)C)CC3)cc2)C[C@H](C)O1. The highest BCUT2D eigenvalue weighted by Crippen LogP contribution is 2.27. The number of hydrogen-bond donors (Lipinski definition) is 1. The predicted molar refractivity (Wildman–Crippen MR) is 120 cm³/mol. The number of rotatable bonds is 4. The van der Waals surface area contributed by atoms with Gasteiger partial charge in [0.2, 0.25) is 15.9 Å². The predicted octanol–water partition coefficient (Wildman–Crippen LogP) is 3.08. The summed E-state index contributed by atoms with van der Waals surface area (Å²) in [7, 11) is -3.34. The lowest BCUT2D eigenvalue weighted by Crippen LogP contribution is -2.47. The highest BCUT2D eigenvalue weighted by molar-refractivity contribution is 7.90. The summed E-state index contributed by atoms with van der Waals surface area (Å²) in [6, 6.07) is 7.91. The number of carbonyl (C=O) groups excluding carboxylic acids is 1. The van der Waals surface area contributed by atoms with Crippen molar-refractivity contribution in [1.82, 2.24) is 4.31 Å². The zero-order chi connectivity index (χ0) is 22.1. The highest BCUT2D eigenvalue weighted by Gasteiger charge is 2.38. The maximum Gasteiger partial charge on any atom is 0.227 e. The first-order valence-corrected chi connectivity index (χ1v) is 12.2. The van der Waals surface area contributed by atoms with Crippen LogP contribution in [0, 0.1) is 5.92 Å². The summed E-state index contributed by atoms with van der Waals surface area (Å²) in [6.45, 7) is 11.8. The number of piperidine rings is 1. The number of anilines is 2. The second kappa shape index (κ2) is 8.85. The Bertz CT molecular complexity index is 830. The normalized spacial score (nSPS) is 24.6. The minimum Gasteiger partial charge on any atom is -0.372 e. The molecule has 1 aromatic carbocycles. The fraction of sp³-hybridized carbons (Fsp3) is 0.682. The molecule has 2 saturated heterocycles. The Balaban J connectivity index is 1.54. The van der Waals surface area contributed by atoms with Crippen LogP contribution in [0.25, 0.3) is 0 Å². The Kier molecular flexibility index (Phi) is 6.79. The van der Waals surface area contributed by atoms with Crippen molar-refractivity contribution in [2.45, 2.75) is 64.4 Å². The van der Waals surface area contributed by atoms with Crippen LogP contribution < -0.4 is 10.2 Å². The van der Waals surface area contributed by atoms with Crippen molar-refractivity contribution >= 4 is 27.3 Å². The molecule has 0 aromatic heterocycles. The van der Waals surface area contributed by atoms with Crippen LogP contribution in [0.15, 0.2) is 24.3 Å². The molecule has 0 spiro atoms. The quantitative estimate of drug-likeness (QED) is 0.783. The second-order valence-electron chi connectivity index (χ2n) is 9.49. The minimum absolute atomic E-state index is 0.0378. The van der Waals surface area contributed by atoms with Crippen LogP contribution in [0.4, 0.5) is 11.4 Å². The summed E-state index contributed by atoms with van der Waals surface area (Å²) in [5, 5.41) is 2.99. The van der Waals surface area contributed by atoms with Crippen molar-refractivity contribution < 1.29 is 17.9 Å². The van der Waals surface area contributed by atoms with Gasteiger partial charge in [-0.2, -0.15) is 0 Å². The number of nitrogens with zero attached hydrogens (tertiary/aromatic N) is 2. The molecule has 2 heterocycles. The average molecular weight is 438 g/mol. The molecule has 1 amide bonds. The Hall–Kier alpha value is -1.64. The molecule has 1 aromatic rings. The van der Waals surface area contributed by atoms with Gasteiger partial charge in [0.05, 0.1) is 17.0 Å². The van der Waals surface area contributed by atoms with Crippen molar-refractivity contribution in [3.8, 4) is 0 Å². The lowest BCUT2D eigenvalue weighted by molar-refractivity contribution is -0.120. The molecule has 0 bridgehead atoms. The molecule has 0 aliphatic carbocycles. The molecule has 2 fully saturated rings. The summed E-state index contributed by atoms with van der Waals surface area (Å²) in [5.41, 5.74) is 1.89. The summed E-state index contributed by atoms with van der Waals surface area (Å²) in [4.78, 5) is 15.0. The lowest BCUT2D eigenvalue weighted by atomic mass is 9.97. The molecular formula is C22H35N3O4S. The summed E-state index contributed by atoms with van der Waals surface area (Å²) in [5.74, 6) is -0.207. The van der Waals surface area contributed by atoms with E-state index in [4.69, 9.17) is 4.74 Å². The van der Waals surface area contributed by atoms with Crippen molar-refractivity contribution in [3.05, 3.63) is 24.3 Å². The van der Waals surface area contributed by atoms with Crippen LogP contribution >= 0.6 is 0 Å². The van der Waals surface area contributed by atoms with E-state index in [0.29, 0.717) is 25.9 Å². The average Bonchev–Trinajstić information content (AvgIpc) is 2.67. The van der Waals surface area contributed by atoms with E-state index in [0.717, 1.165) is 24.5 Å². The maximum absolute atomic E-state index is 12.7. The number of hydrogen-bond acceptors (Lipinski definition) is 5. The number of nitrogens with one attached hydrogen (secondary N) is 1. The topological polar surface area (TPSA) is 79.0 Å². The van der Waals surface area contributed by atoms with Gasteiger partial charge in [0.15, 0.2) is 0 Å². The number of sulfonamides is 1. The van der Waals surface area contributed by atoms with Crippen LogP contribution in [0.1, 0.15) is 47.5 Å². The van der Waals surface area contributed by atoms with Gasteiger partial charge in [-0.1, -0.05) is 0 Å². The van der Waals surface area contributed by atoms with E-state index in [1.807, 2.05) is 24.3 Å². The first-order valence-electron chi connectivity index (χ1n) is 10.8. The van der Waals surface area contributed by atoms with Crippen molar-refractivity contribution in [1.29, 1.82) is 0 Å². The molecule has 2 aliphatic heterocycles. The van der Waals surface area contributed by atoms with E-state index < -0.39 is 14.8 Å². The molecule has 168 valence electrons. The van der Waals surface area contributed by atoms with E-state index in [-0.39, 0.29) is 24.0 Å². The number of morpholine rings is 1. The first-order chi connectivity index (χ1) is 14.0. The van der Waals surface area contributed by atoms with Gasteiger partial charge in [-0.25, -0.2) is 12.7 Å². The molecule has 0 radical (unpaired) electrons. The largest absolute Gasteiger partial charge is 0.372 e. The van der Waals surface area contributed by atoms with Crippen LogP contribution in [0.3, 0.4) is 0 Å².